The van der Waals surface area contributed by atoms with Gasteiger partial charge in [-0.25, -0.2) is 12.8 Å². The first-order valence-electron chi connectivity index (χ1n) is 10.9. The Hall–Kier alpha value is -2.58. The second kappa shape index (κ2) is 9.11. The van der Waals surface area contributed by atoms with Crippen molar-refractivity contribution in [3.8, 4) is 0 Å². The molecular formula is C24H27FN2O4S. The predicted octanol–water partition coefficient (Wildman–Crippen LogP) is 3.62. The molecule has 170 valence electrons. The number of carbonyl (C=O) groups is 2. The summed E-state index contributed by atoms with van der Waals surface area (Å²) in [7, 11) is -3.67. The van der Waals surface area contributed by atoms with Crippen LogP contribution in [0.25, 0.3) is 0 Å². The van der Waals surface area contributed by atoms with Gasteiger partial charge >= 0.3 is 0 Å². The molecular weight excluding hydrogens is 431 g/mol. The smallest absolute Gasteiger partial charge is 0.243 e. The largest absolute Gasteiger partial charge is 0.335 e. The summed E-state index contributed by atoms with van der Waals surface area (Å²) in [6.45, 7) is 2.45. The van der Waals surface area contributed by atoms with Crippen LogP contribution in [0.1, 0.15) is 48.5 Å². The summed E-state index contributed by atoms with van der Waals surface area (Å²) < 4.78 is 40.6. The van der Waals surface area contributed by atoms with Gasteiger partial charge in [0.2, 0.25) is 15.9 Å². The van der Waals surface area contributed by atoms with Gasteiger partial charge in [-0.3, -0.25) is 9.59 Å². The van der Waals surface area contributed by atoms with Crippen molar-refractivity contribution >= 4 is 21.7 Å². The number of piperidine rings is 1. The fraction of sp³-hybridized carbons (Fsp3) is 0.417. The molecule has 2 aliphatic rings. The lowest BCUT2D eigenvalue weighted by molar-refractivity contribution is -0.138. The van der Waals surface area contributed by atoms with Gasteiger partial charge in [-0.1, -0.05) is 24.3 Å². The molecule has 6 nitrogen and oxygen atoms in total. The van der Waals surface area contributed by atoms with Crippen molar-refractivity contribution in [3.63, 3.8) is 0 Å². The molecule has 0 unspecified atom stereocenters. The molecule has 0 atom stereocenters. The number of hydrogen-bond acceptors (Lipinski definition) is 4. The number of carbonyl (C=O) groups excluding carboxylic acids is 2. The second-order valence-electron chi connectivity index (χ2n) is 8.58. The third-order valence-electron chi connectivity index (χ3n) is 6.24. The molecule has 2 aromatic carbocycles. The number of benzene rings is 2. The molecule has 1 aliphatic carbocycles. The predicted molar refractivity (Wildman–Crippen MR) is 118 cm³/mol. The summed E-state index contributed by atoms with van der Waals surface area (Å²) in [4.78, 5) is 26.7. The summed E-state index contributed by atoms with van der Waals surface area (Å²) in [5.74, 6) is -0.584. The highest BCUT2D eigenvalue weighted by Crippen LogP contribution is 2.32. The van der Waals surface area contributed by atoms with E-state index in [0.717, 1.165) is 18.4 Å². The van der Waals surface area contributed by atoms with Crippen LogP contribution in [0.5, 0.6) is 0 Å². The van der Waals surface area contributed by atoms with E-state index in [1.54, 1.807) is 12.1 Å². The zero-order valence-corrected chi connectivity index (χ0v) is 18.9. The Morgan fingerprint density at radius 2 is 1.56 bits per heavy atom. The Morgan fingerprint density at radius 3 is 2.09 bits per heavy atom. The third kappa shape index (κ3) is 4.91. The number of Topliss-reactive ketones (excluding diaryl/α,β-unsaturated/α-hetero) is 1. The molecule has 32 heavy (non-hydrogen) atoms. The SMILES string of the molecule is CC(=O)c1ccc(S(=O)(=O)N2CCC(C(=O)N(Cc3ccc(F)cc3)C3CC3)CC2)cc1. The highest BCUT2D eigenvalue weighted by atomic mass is 32.2. The maximum Gasteiger partial charge on any atom is 0.243 e. The highest BCUT2D eigenvalue weighted by molar-refractivity contribution is 7.89. The molecule has 8 heteroatoms. The van der Waals surface area contributed by atoms with Gasteiger partial charge < -0.3 is 4.90 Å². The fourth-order valence-corrected chi connectivity index (χ4v) is 5.62. The third-order valence-corrected chi connectivity index (χ3v) is 8.15. The van der Waals surface area contributed by atoms with E-state index < -0.39 is 10.0 Å². The first-order chi connectivity index (χ1) is 15.3. The van der Waals surface area contributed by atoms with Crippen LogP contribution in [-0.4, -0.2) is 48.4 Å². The average Bonchev–Trinajstić information content (AvgIpc) is 3.63. The molecule has 2 aromatic rings. The topological polar surface area (TPSA) is 74.8 Å². The van der Waals surface area contributed by atoms with Crippen LogP contribution in [0.2, 0.25) is 0 Å². The van der Waals surface area contributed by atoms with Crippen LogP contribution in [0, 0.1) is 11.7 Å². The van der Waals surface area contributed by atoms with Gasteiger partial charge in [-0.05, 0) is 62.4 Å². The Labute approximate surface area is 188 Å². The van der Waals surface area contributed by atoms with Crippen molar-refractivity contribution in [1.82, 2.24) is 9.21 Å². The number of amides is 1. The van der Waals surface area contributed by atoms with Gasteiger partial charge in [0.25, 0.3) is 0 Å². The first-order valence-corrected chi connectivity index (χ1v) is 12.4. The molecule has 0 radical (unpaired) electrons. The molecule has 1 aliphatic heterocycles. The summed E-state index contributed by atoms with van der Waals surface area (Å²) in [6, 6.07) is 12.4. The van der Waals surface area contributed by atoms with Gasteiger partial charge in [-0.15, -0.1) is 0 Å². The minimum absolute atomic E-state index is 0.0553. The molecule has 0 aromatic heterocycles. The number of nitrogens with zero attached hydrogens (tertiary/aromatic N) is 2. The molecule has 0 N–H and O–H groups in total. The van der Waals surface area contributed by atoms with E-state index in [1.807, 2.05) is 4.90 Å². The van der Waals surface area contributed by atoms with Crippen LogP contribution >= 0.6 is 0 Å². The first kappa shape index (κ1) is 22.6. The minimum atomic E-state index is -3.67. The van der Waals surface area contributed by atoms with Crippen LogP contribution in [0.4, 0.5) is 4.39 Å². The Bertz CT molecular complexity index is 1090. The number of hydrogen-bond donors (Lipinski definition) is 0. The molecule has 0 spiro atoms. The summed E-state index contributed by atoms with van der Waals surface area (Å²) >= 11 is 0. The van der Waals surface area contributed by atoms with E-state index in [2.05, 4.69) is 0 Å². The van der Waals surface area contributed by atoms with E-state index in [-0.39, 0.29) is 47.5 Å². The van der Waals surface area contributed by atoms with Gasteiger partial charge in [-0.2, -0.15) is 4.31 Å². The maximum atomic E-state index is 13.2. The highest BCUT2D eigenvalue weighted by Gasteiger charge is 2.38. The van der Waals surface area contributed by atoms with E-state index >= 15 is 0 Å². The molecule has 1 saturated heterocycles. The normalized spacial score (nSPS) is 17.8. The molecule has 1 amide bonds. The molecule has 1 heterocycles. The van der Waals surface area contributed by atoms with Crippen molar-refractivity contribution in [2.75, 3.05) is 13.1 Å². The Morgan fingerprint density at radius 1 is 0.969 bits per heavy atom. The molecule has 0 bridgehead atoms. The van der Waals surface area contributed by atoms with Crippen molar-refractivity contribution in [2.45, 2.75) is 50.1 Å². The Balaban J connectivity index is 1.40. The number of sulfonamides is 1. The Kier molecular flexibility index (Phi) is 6.44. The van der Waals surface area contributed by atoms with Crippen molar-refractivity contribution in [2.24, 2.45) is 5.92 Å². The lowest BCUT2D eigenvalue weighted by atomic mass is 9.96. The summed E-state index contributed by atoms with van der Waals surface area (Å²) in [5, 5.41) is 0. The van der Waals surface area contributed by atoms with Crippen LogP contribution in [0.15, 0.2) is 53.4 Å². The van der Waals surface area contributed by atoms with E-state index in [9.17, 15) is 22.4 Å². The average molecular weight is 459 g/mol. The number of rotatable bonds is 7. The lowest BCUT2D eigenvalue weighted by Crippen LogP contribution is -2.44. The molecule has 2 fully saturated rings. The van der Waals surface area contributed by atoms with Crippen LogP contribution < -0.4 is 0 Å². The zero-order chi connectivity index (χ0) is 22.9. The van der Waals surface area contributed by atoms with E-state index in [4.69, 9.17) is 0 Å². The number of ketones is 1. The monoisotopic (exact) mass is 458 g/mol. The van der Waals surface area contributed by atoms with Crippen molar-refractivity contribution < 1.29 is 22.4 Å². The minimum Gasteiger partial charge on any atom is -0.335 e. The molecule has 4 rings (SSSR count). The van der Waals surface area contributed by atoms with Gasteiger partial charge in [0, 0.05) is 37.2 Å². The van der Waals surface area contributed by atoms with Crippen molar-refractivity contribution in [1.29, 1.82) is 0 Å². The maximum absolute atomic E-state index is 13.2. The van der Waals surface area contributed by atoms with Crippen LogP contribution in [0.3, 0.4) is 0 Å². The summed E-state index contributed by atoms with van der Waals surface area (Å²) in [5.41, 5.74) is 1.36. The summed E-state index contributed by atoms with van der Waals surface area (Å²) in [6.07, 6.45) is 2.87. The lowest BCUT2D eigenvalue weighted by Gasteiger charge is -2.34. The van der Waals surface area contributed by atoms with Crippen molar-refractivity contribution in [3.05, 3.63) is 65.5 Å². The van der Waals surface area contributed by atoms with Gasteiger partial charge in [0.05, 0.1) is 4.90 Å². The van der Waals surface area contributed by atoms with Gasteiger partial charge in [0.1, 0.15) is 5.82 Å². The standard InChI is InChI=1S/C24H27FN2O4S/c1-17(28)19-4-10-23(11-5-19)32(30,31)26-14-12-20(13-15-26)24(29)27(22-8-9-22)16-18-2-6-21(25)7-3-18/h2-7,10-11,20,22H,8-9,12-16H2,1H3. The van der Waals surface area contributed by atoms with Gasteiger partial charge in [0.15, 0.2) is 5.78 Å². The van der Waals surface area contributed by atoms with E-state index in [1.165, 1.54) is 47.6 Å². The van der Waals surface area contributed by atoms with E-state index in [0.29, 0.717) is 24.9 Å². The fourth-order valence-electron chi connectivity index (χ4n) is 4.15. The quantitative estimate of drug-likeness (QED) is 0.594. The second-order valence-corrected chi connectivity index (χ2v) is 10.5. The molecule has 1 saturated carbocycles. The zero-order valence-electron chi connectivity index (χ0n) is 18.0. The number of halogens is 1. The van der Waals surface area contributed by atoms with Crippen LogP contribution in [-0.2, 0) is 21.4 Å².